The Bertz CT molecular complexity index is 627. The minimum absolute atomic E-state index is 0.327. The van der Waals surface area contributed by atoms with E-state index in [4.69, 9.17) is 5.26 Å². The first-order chi connectivity index (χ1) is 9.78. The van der Waals surface area contributed by atoms with Crippen molar-refractivity contribution in [1.82, 2.24) is 4.98 Å². The summed E-state index contributed by atoms with van der Waals surface area (Å²) in [5.74, 6) is -0.327. The van der Waals surface area contributed by atoms with Crippen LogP contribution in [0, 0.1) is 17.1 Å². The van der Waals surface area contributed by atoms with Crippen LogP contribution in [-0.2, 0) is 0 Å². The van der Waals surface area contributed by atoms with Crippen LogP contribution in [0.15, 0.2) is 29.8 Å². The molecule has 20 heavy (non-hydrogen) atoms. The monoisotopic (exact) mass is 288 g/mol. The summed E-state index contributed by atoms with van der Waals surface area (Å²) in [7, 11) is 0. The third kappa shape index (κ3) is 2.45. The Kier molecular flexibility index (Phi) is 3.52. The van der Waals surface area contributed by atoms with Crippen LogP contribution >= 0.6 is 11.3 Å². The smallest absolute Gasteiger partial charge is 0.185 e. The molecule has 0 saturated carbocycles. The highest BCUT2D eigenvalue weighted by Crippen LogP contribution is 2.24. The fraction of sp³-hybridized carbons (Fsp3) is 0.286. The summed E-state index contributed by atoms with van der Waals surface area (Å²) in [6.07, 6.45) is 1.80. The maximum Gasteiger partial charge on any atom is 0.185 e. The van der Waals surface area contributed by atoms with E-state index in [1.807, 2.05) is 16.3 Å². The molecule has 0 radical (unpaired) electrons. The third-order valence-corrected chi connectivity index (χ3v) is 4.22. The van der Waals surface area contributed by atoms with Crippen molar-refractivity contribution in [2.75, 3.05) is 36.0 Å². The summed E-state index contributed by atoms with van der Waals surface area (Å²) >= 11 is 1.62. The number of nitrogens with zero attached hydrogens (tertiary/aromatic N) is 4. The van der Waals surface area contributed by atoms with Gasteiger partial charge in [0.05, 0.1) is 17.3 Å². The zero-order valence-corrected chi connectivity index (χ0v) is 11.6. The van der Waals surface area contributed by atoms with E-state index in [2.05, 4.69) is 9.88 Å². The fourth-order valence-electron chi connectivity index (χ4n) is 2.34. The zero-order chi connectivity index (χ0) is 13.9. The predicted octanol–water partition coefficient (Wildman–Crippen LogP) is 2.48. The van der Waals surface area contributed by atoms with Gasteiger partial charge in [0.1, 0.15) is 5.82 Å². The van der Waals surface area contributed by atoms with Gasteiger partial charge in [0.2, 0.25) is 0 Å². The highest BCUT2D eigenvalue weighted by molar-refractivity contribution is 7.13. The van der Waals surface area contributed by atoms with E-state index < -0.39 is 0 Å². The van der Waals surface area contributed by atoms with Crippen molar-refractivity contribution in [2.45, 2.75) is 0 Å². The van der Waals surface area contributed by atoms with Crippen molar-refractivity contribution in [1.29, 1.82) is 5.26 Å². The van der Waals surface area contributed by atoms with Crippen LogP contribution in [0.25, 0.3) is 0 Å². The lowest BCUT2D eigenvalue weighted by Gasteiger charge is -2.36. The number of thiazole rings is 1. The van der Waals surface area contributed by atoms with E-state index in [-0.39, 0.29) is 5.82 Å². The molecule has 1 aromatic heterocycles. The Balaban J connectivity index is 1.71. The summed E-state index contributed by atoms with van der Waals surface area (Å²) in [5, 5.41) is 11.7. The van der Waals surface area contributed by atoms with Crippen molar-refractivity contribution >= 4 is 22.2 Å². The highest BCUT2D eigenvalue weighted by Gasteiger charge is 2.20. The molecule has 0 spiro atoms. The number of aromatic nitrogens is 1. The summed E-state index contributed by atoms with van der Waals surface area (Å²) in [6, 6.07) is 6.59. The number of benzene rings is 1. The molecule has 0 N–H and O–H groups in total. The SMILES string of the molecule is N#Cc1ccc(N2CCN(c3nccs3)CC2)c(F)c1. The molecule has 1 saturated heterocycles. The second kappa shape index (κ2) is 5.47. The Hall–Kier alpha value is -2.13. The van der Waals surface area contributed by atoms with E-state index in [1.165, 1.54) is 6.07 Å². The summed E-state index contributed by atoms with van der Waals surface area (Å²) in [5.41, 5.74) is 0.926. The average molecular weight is 288 g/mol. The van der Waals surface area contributed by atoms with Crippen LogP contribution in [0.1, 0.15) is 5.56 Å². The largest absolute Gasteiger partial charge is 0.366 e. The average Bonchev–Trinajstić information content (AvgIpc) is 3.01. The Morgan fingerprint density at radius 3 is 2.55 bits per heavy atom. The first-order valence-corrected chi connectivity index (χ1v) is 7.25. The fourth-order valence-corrected chi connectivity index (χ4v) is 3.04. The third-order valence-electron chi connectivity index (χ3n) is 3.39. The van der Waals surface area contributed by atoms with E-state index in [0.29, 0.717) is 11.3 Å². The molecular weight excluding hydrogens is 275 g/mol. The lowest BCUT2D eigenvalue weighted by atomic mass is 10.2. The molecule has 0 aliphatic carbocycles. The minimum atomic E-state index is -0.327. The first kappa shape index (κ1) is 12.9. The number of piperazine rings is 1. The predicted molar refractivity (Wildman–Crippen MR) is 77.7 cm³/mol. The van der Waals surface area contributed by atoms with Gasteiger partial charge in [0, 0.05) is 37.8 Å². The molecule has 3 rings (SSSR count). The topological polar surface area (TPSA) is 43.2 Å². The number of rotatable bonds is 2. The van der Waals surface area contributed by atoms with Gasteiger partial charge >= 0.3 is 0 Å². The molecule has 1 fully saturated rings. The van der Waals surface area contributed by atoms with Crippen molar-refractivity contribution in [3.63, 3.8) is 0 Å². The summed E-state index contributed by atoms with van der Waals surface area (Å²) < 4.78 is 14.0. The van der Waals surface area contributed by atoms with Crippen molar-refractivity contribution in [3.8, 4) is 6.07 Å². The standard InChI is InChI=1S/C14H13FN4S/c15-12-9-11(10-16)1-2-13(12)18-4-6-19(7-5-18)14-17-3-8-20-14/h1-3,8-9H,4-7H2. The number of hydrogen-bond donors (Lipinski definition) is 0. The molecule has 0 amide bonds. The van der Waals surface area contributed by atoms with Gasteiger partial charge in [0.25, 0.3) is 0 Å². The number of nitriles is 1. The van der Waals surface area contributed by atoms with E-state index in [0.717, 1.165) is 31.3 Å². The van der Waals surface area contributed by atoms with Gasteiger partial charge in [0.15, 0.2) is 5.13 Å². The lowest BCUT2D eigenvalue weighted by Crippen LogP contribution is -2.46. The van der Waals surface area contributed by atoms with Crippen molar-refractivity contribution in [3.05, 3.63) is 41.2 Å². The summed E-state index contributed by atoms with van der Waals surface area (Å²) in [4.78, 5) is 8.52. The molecule has 0 bridgehead atoms. The lowest BCUT2D eigenvalue weighted by molar-refractivity contribution is 0.597. The van der Waals surface area contributed by atoms with E-state index in [1.54, 1.807) is 29.7 Å². The van der Waals surface area contributed by atoms with Gasteiger partial charge < -0.3 is 9.80 Å². The van der Waals surface area contributed by atoms with Crippen LogP contribution in [-0.4, -0.2) is 31.2 Å². The summed E-state index contributed by atoms with van der Waals surface area (Å²) in [6.45, 7) is 3.16. The Morgan fingerprint density at radius 2 is 1.95 bits per heavy atom. The number of halogens is 1. The van der Waals surface area contributed by atoms with Gasteiger partial charge in [-0.3, -0.25) is 0 Å². The van der Waals surface area contributed by atoms with Crippen LogP contribution in [0.2, 0.25) is 0 Å². The van der Waals surface area contributed by atoms with Crippen LogP contribution in [0.5, 0.6) is 0 Å². The Labute approximate surface area is 120 Å². The zero-order valence-electron chi connectivity index (χ0n) is 10.8. The second-order valence-electron chi connectivity index (χ2n) is 4.57. The number of anilines is 2. The molecule has 1 aliphatic heterocycles. The second-order valence-corrected chi connectivity index (χ2v) is 5.44. The van der Waals surface area contributed by atoms with Gasteiger partial charge in [-0.05, 0) is 18.2 Å². The van der Waals surface area contributed by atoms with Gasteiger partial charge in [-0.1, -0.05) is 0 Å². The maximum absolute atomic E-state index is 14.0. The van der Waals surface area contributed by atoms with E-state index in [9.17, 15) is 4.39 Å². The molecule has 0 atom stereocenters. The van der Waals surface area contributed by atoms with Gasteiger partial charge in [-0.25, -0.2) is 9.37 Å². The van der Waals surface area contributed by atoms with Crippen LogP contribution < -0.4 is 9.80 Å². The van der Waals surface area contributed by atoms with Crippen molar-refractivity contribution in [2.24, 2.45) is 0 Å². The molecule has 0 unspecified atom stereocenters. The molecule has 6 heteroatoms. The Morgan fingerprint density at radius 1 is 1.20 bits per heavy atom. The normalized spacial score (nSPS) is 15.2. The quantitative estimate of drug-likeness (QED) is 0.851. The molecule has 2 aromatic rings. The first-order valence-electron chi connectivity index (χ1n) is 6.37. The minimum Gasteiger partial charge on any atom is -0.366 e. The molecule has 4 nitrogen and oxygen atoms in total. The molecule has 2 heterocycles. The molecule has 102 valence electrons. The molecular formula is C14H13FN4S. The van der Waals surface area contributed by atoms with Gasteiger partial charge in [-0.2, -0.15) is 5.26 Å². The molecule has 1 aliphatic rings. The maximum atomic E-state index is 14.0. The number of hydrogen-bond acceptors (Lipinski definition) is 5. The van der Waals surface area contributed by atoms with E-state index >= 15 is 0 Å². The van der Waals surface area contributed by atoms with Crippen LogP contribution in [0.4, 0.5) is 15.2 Å². The molecule has 1 aromatic carbocycles. The highest BCUT2D eigenvalue weighted by atomic mass is 32.1. The van der Waals surface area contributed by atoms with Crippen molar-refractivity contribution < 1.29 is 4.39 Å². The van der Waals surface area contributed by atoms with Gasteiger partial charge in [-0.15, -0.1) is 11.3 Å². The van der Waals surface area contributed by atoms with Crippen LogP contribution in [0.3, 0.4) is 0 Å².